The lowest BCUT2D eigenvalue weighted by Crippen LogP contribution is -2.30. The fourth-order valence-electron chi connectivity index (χ4n) is 8.83. The first-order chi connectivity index (χ1) is 38.2. The summed E-state index contributed by atoms with van der Waals surface area (Å²) in [5.41, 5.74) is 0. The van der Waals surface area contributed by atoms with Gasteiger partial charge in [-0.1, -0.05) is 235 Å². The van der Waals surface area contributed by atoms with Gasteiger partial charge in [0, 0.05) is 25.7 Å². The number of unbranched alkanes of at least 4 members (excludes halogenated alkanes) is 22. The Hall–Kier alpha value is -1.94. The first-order valence-corrected chi connectivity index (χ1v) is 34.8. The van der Waals surface area contributed by atoms with Crippen LogP contribution < -0.4 is 0 Å². The van der Waals surface area contributed by atoms with E-state index >= 15 is 0 Å². The van der Waals surface area contributed by atoms with Crippen molar-refractivity contribution < 1.29 is 80.2 Å². The minimum atomic E-state index is -4.94. The van der Waals surface area contributed by atoms with Crippen LogP contribution in [0.15, 0.2) is 0 Å². The van der Waals surface area contributed by atoms with E-state index in [0.717, 1.165) is 120 Å². The van der Waals surface area contributed by atoms with Crippen LogP contribution in [0, 0.1) is 23.7 Å². The highest BCUT2D eigenvalue weighted by molar-refractivity contribution is 7.47. The molecule has 0 heterocycles. The third kappa shape index (κ3) is 52.8. The molecule has 0 aromatic rings. The summed E-state index contributed by atoms with van der Waals surface area (Å²) >= 11 is 0. The molecule has 4 unspecified atom stereocenters. The number of aliphatic hydroxyl groups excluding tert-OH is 1. The highest BCUT2D eigenvalue weighted by atomic mass is 31.2. The molecular formula is C61H118O17P2. The van der Waals surface area contributed by atoms with E-state index in [9.17, 15) is 43.2 Å². The molecule has 0 amide bonds. The molecule has 0 aliphatic rings. The van der Waals surface area contributed by atoms with Gasteiger partial charge in [-0.25, -0.2) is 9.13 Å². The van der Waals surface area contributed by atoms with Crippen LogP contribution in [0.2, 0.25) is 0 Å². The minimum Gasteiger partial charge on any atom is -0.462 e. The van der Waals surface area contributed by atoms with Gasteiger partial charge in [-0.15, -0.1) is 0 Å². The second-order valence-electron chi connectivity index (χ2n) is 23.5. The second-order valence-corrected chi connectivity index (χ2v) is 26.4. The van der Waals surface area contributed by atoms with E-state index in [4.69, 9.17) is 37.0 Å². The number of hydrogen-bond acceptors (Lipinski definition) is 15. The molecule has 0 saturated carbocycles. The maximum Gasteiger partial charge on any atom is 0.472 e. The van der Waals surface area contributed by atoms with Crippen LogP contribution in [0.4, 0.5) is 0 Å². The number of rotatable bonds is 58. The summed E-state index contributed by atoms with van der Waals surface area (Å²) in [6.45, 7) is 13.8. The summed E-state index contributed by atoms with van der Waals surface area (Å²) in [4.78, 5) is 72.0. The van der Waals surface area contributed by atoms with Crippen LogP contribution in [-0.4, -0.2) is 96.7 Å². The Labute approximate surface area is 486 Å². The average molecular weight is 1190 g/mol. The number of hydrogen-bond donors (Lipinski definition) is 3. The van der Waals surface area contributed by atoms with E-state index in [0.29, 0.717) is 31.6 Å². The van der Waals surface area contributed by atoms with E-state index in [-0.39, 0.29) is 25.7 Å². The Morgan fingerprint density at radius 1 is 0.350 bits per heavy atom. The molecule has 3 N–H and O–H groups in total. The highest BCUT2D eigenvalue weighted by Gasteiger charge is 2.30. The average Bonchev–Trinajstić information content (AvgIpc) is 3.41. The van der Waals surface area contributed by atoms with E-state index in [1.54, 1.807) is 0 Å². The van der Waals surface area contributed by atoms with Gasteiger partial charge in [0.2, 0.25) is 0 Å². The van der Waals surface area contributed by atoms with Gasteiger partial charge in [-0.05, 0) is 49.4 Å². The van der Waals surface area contributed by atoms with Crippen molar-refractivity contribution in [3.63, 3.8) is 0 Å². The van der Waals surface area contributed by atoms with Crippen LogP contribution >= 0.6 is 15.6 Å². The van der Waals surface area contributed by atoms with Crippen LogP contribution in [0.25, 0.3) is 0 Å². The van der Waals surface area contributed by atoms with Crippen molar-refractivity contribution in [1.29, 1.82) is 0 Å². The van der Waals surface area contributed by atoms with Crippen molar-refractivity contribution in [3.8, 4) is 0 Å². The van der Waals surface area contributed by atoms with Crippen molar-refractivity contribution >= 4 is 39.5 Å². The lowest BCUT2D eigenvalue weighted by Gasteiger charge is -2.21. The van der Waals surface area contributed by atoms with E-state index in [2.05, 4.69) is 55.4 Å². The lowest BCUT2D eigenvalue weighted by molar-refractivity contribution is -0.161. The molecule has 17 nitrogen and oxygen atoms in total. The maximum atomic E-state index is 12.9. The van der Waals surface area contributed by atoms with Crippen LogP contribution in [0.5, 0.6) is 0 Å². The number of phosphoric ester groups is 2. The van der Waals surface area contributed by atoms with E-state index in [1.165, 1.54) is 77.0 Å². The minimum absolute atomic E-state index is 0.101. The fraction of sp³-hybridized carbons (Fsp3) is 0.934. The molecule has 0 aromatic carbocycles. The Morgan fingerprint density at radius 2 is 0.600 bits per heavy atom. The first kappa shape index (κ1) is 78.1. The number of ether oxygens (including phenoxy) is 4. The Kier molecular flexibility index (Phi) is 50.2. The monoisotopic (exact) mass is 1180 g/mol. The van der Waals surface area contributed by atoms with Gasteiger partial charge in [-0.2, -0.15) is 0 Å². The van der Waals surface area contributed by atoms with Crippen molar-refractivity contribution in [2.45, 2.75) is 305 Å². The SMILES string of the molecule is CCC(C)CCCCCCCCC(=O)OC[C@H](COP(=O)(O)OC[C@@H](O)COP(=O)(O)OC[C@@H](COC(=O)CCCCCCCCC(C)C)OC(=O)CCCCCCCCCCC(C)C)OC(=O)CCCCCCCCC(C)CC. The van der Waals surface area contributed by atoms with Crippen molar-refractivity contribution in [2.75, 3.05) is 39.6 Å². The zero-order valence-corrected chi connectivity index (χ0v) is 53.5. The molecule has 0 radical (unpaired) electrons. The Balaban J connectivity index is 5.26. The van der Waals surface area contributed by atoms with Gasteiger partial charge in [0.1, 0.15) is 19.3 Å². The van der Waals surface area contributed by atoms with Crippen molar-refractivity contribution in [1.82, 2.24) is 0 Å². The fourth-order valence-corrected chi connectivity index (χ4v) is 10.4. The zero-order valence-electron chi connectivity index (χ0n) is 51.7. The maximum absolute atomic E-state index is 12.9. The number of carbonyl (C=O) groups excluding carboxylic acids is 4. The Bertz CT molecular complexity index is 1610. The van der Waals surface area contributed by atoms with Gasteiger partial charge in [0.05, 0.1) is 26.4 Å². The summed E-state index contributed by atoms with van der Waals surface area (Å²) < 4.78 is 67.8. The predicted octanol–water partition coefficient (Wildman–Crippen LogP) is 16.2. The van der Waals surface area contributed by atoms with Crippen molar-refractivity contribution in [2.24, 2.45) is 23.7 Å². The van der Waals surface area contributed by atoms with E-state index in [1.807, 2.05) is 0 Å². The molecule has 474 valence electrons. The smallest absolute Gasteiger partial charge is 0.462 e. The van der Waals surface area contributed by atoms with Gasteiger partial charge in [-0.3, -0.25) is 37.3 Å². The summed E-state index contributed by atoms with van der Waals surface area (Å²) in [6.07, 6.45) is 29.6. The van der Waals surface area contributed by atoms with Gasteiger partial charge >= 0.3 is 39.5 Å². The normalized spacial score (nSPS) is 15.2. The van der Waals surface area contributed by atoms with Crippen LogP contribution in [-0.2, 0) is 65.4 Å². The lowest BCUT2D eigenvalue weighted by atomic mass is 10.00. The molecule has 0 bridgehead atoms. The summed E-state index contributed by atoms with van der Waals surface area (Å²) in [7, 11) is -9.88. The number of aliphatic hydroxyl groups is 1. The molecule has 0 rings (SSSR count). The second kappa shape index (κ2) is 51.5. The zero-order chi connectivity index (χ0) is 59.7. The standard InChI is InChI=1S/C61H118O17P2/c1-9-53(7)39-31-23-16-19-26-34-42-59(64)72-48-57(78-61(66)44-36-28-20-17-24-32-40-54(8)10-2)50-76-80(69,70)74-46-55(62)45-73-79(67,68)75-49-56(47-71-58(63)41-33-25-18-15-22-30-38-52(5)6)77-60(65)43-35-27-14-12-11-13-21-29-37-51(3)4/h51-57,62H,9-50H2,1-8H3,(H,67,68)(H,69,70)/t53?,54?,55-,56+,57+/m0/s1. The van der Waals surface area contributed by atoms with Gasteiger partial charge in [0.15, 0.2) is 12.2 Å². The topological polar surface area (TPSA) is 237 Å². The molecule has 0 fully saturated rings. The number of esters is 4. The molecule has 0 saturated heterocycles. The van der Waals surface area contributed by atoms with Crippen LogP contribution in [0.3, 0.4) is 0 Å². The third-order valence-electron chi connectivity index (χ3n) is 14.5. The quantitative estimate of drug-likeness (QED) is 0.0222. The number of phosphoric acid groups is 2. The highest BCUT2D eigenvalue weighted by Crippen LogP contribution is 2.45. The molecule has 7 atom stereocenters. The van der Waals surface area contributed by atoms with Crippen molar-refractivity contribution in [3.05, 3.63) is 0 Å². The summed E-state index contributed by atoms with van der Waals surface area (Å²) in [6, 6.07) is 0. The number of carbonyl (C=O) groups is 4. The molecule has 19 heteroatoms. The van der Waals surface area contributed by atoms with Gasteiger partial charge < -0.3 is 33.8 Å². The molecule has 0 spiro atoms. The molecular weight excluding hydrogens is 1070 g/mol. The molecule has 80 heavy (non-hydrogen) atoms. The summed E-state index contributed by atoms with van der Waals surface area (Å²) in [5, 5.41) is 10.5. The first-order valence-electron chi connectivity index (χ1n) is 31.8. The largest absolute Gasteiger partial charge is 0.472 e. The predicted molar refractivity (Wildman–Crippen MR) is 317 cm³/mol. The molecule has 0 aliphatic heterocycles. The summed E-state index contributed by atoms with van der Waals surface area (Å²) in [5.74, 6) is 0.700. The molecule has 0 aromatic heterocycles. The van der Waals surface area contributed by atoms with E-state index < -0.39 is 97.5 Å². The van der Waals surface area contributed by atoms with Gasteiger partial charge in [0.25, 0.3) is 0 Å². The molecule has 0 aliphatic carbocycles. The Morgan fingerprint density at radius 3 is 0.887 bits per heavy atom. The third-order valence-corrected chi connectivity index (χ3v) is 16.4. The van der Waals surface area contributed by atoms with Crippen LogP contribution in [0.1, 0.15) is 287 Å².